The molecule has 2 rings (SSSR count). The topological polar surface area (TPSA) is 53.6 Å². The fraction of sp³-hybridized carbons (Fsp3) is 0.316. The van der Waals surface area contributed by atoms with E-state index < -0.39 is 0 Å². The Labute approximate surface area is 143 Å². The third-order valence-corrected chi connectivity index (χ3v) is 3.91. The smallest absolute Gasteiger partial charge is 0.323 e. The molecule has 0 aliphatic rings. The number of amides is 2. The van der Waals surface area contributed by atoms with Crippen molar-refractivity contribution in [3.63, 3.8) is 0 Å². The third-order valence-electron chi connectivity index (χ3n) is 3.91. The van der Waals surface area contributed by atoms with Gasteiger partial charge in [0.05, 0.1) is 7.11 Å². The SMILES string of the molecule is CCN(CC)c1ccc(NC(=O)Nc2cccc(OC)c2)c(C)c1. The zero-order valence-electron chi connectivity index (χ0n) is 14.7. The van der Waals surface area contributed by atoms with E-state index in [-0.39, 0.29) is 6.03 Å². The van der Waals surface area contributed by atoms with E-state index in [4.69, 9.17) is 4.74 Å². The van der Waals surface area contributed by atoms with Gasteiger partial charge in [-0.15, -0.1) is 0 Å². The number of anilines is 3. The number of benzene rings is 2. The predicted molar refractivity (Wildman–Crippen MR) is 100 cm³/mol. The number of urea groups is 1. The molecule has 2 N–H and O–H groups in total. The van der Waals surface area contributed by atoms with Crippen LogP contribution in [0, 0.1) is 6.92 Å². The normalized spacial score (nSPS) is 10.2. The Morgan fingerprint density at radius 3 is 2.46 bits per heavy atom. The molecular formula is C19H25N3O2. The fourth-order valence-electron chi connectivity index (χ4n) is 2.56. The van der Waals surface area contributed by atoms with E-state index in [1.165, 1.54) is 0 Å². The van der Waals surface area contributed by atoms with Crippen LogP contribution in [0.4, 0.5) is 21.9 Å². The van der Waals surface area contributed by atoms with Gasteiger partial charge in [-0.25, -0.2) is 4.79 Å². The van der Waals surface area contributed by atoms with Crippen LogP contribution in [0.25, 0.3) is 0 Å². The highest BCUT2D eigenvalue weighted by Gasteiger charge is 2.08. The maximum atomic E-state index is 12.2. The highest BCUT2D eigenvalue weighted by molar-refractivity contribution is 6.00. The average Bonchev–Trinajstić information content (AvgIpc) is 2.58. The lowest BCUT2D eigenvalue weighted by atomic mass is 10.1. The van der Waals surface area contributed by atoms with Gasteiger partial charge in [-0.2, -0.15) is 0 Å². The van der Waals surface area contributed by atoms with Crippen molar-refractivity contribution < 1.29 is 9.53 Å². The molecule has 0 saturated carbocycles. The second-order valence-corrected chi connectivity index (χ2v) is 5.48. The third kappa shape index (κ3) is 4.41. The number of nitrogens with zero attached hydrogens (tertiary/aromatic N) is 1. The Kier molecular flexibility index (Phi) is 6.07. The van der Waals surface area contributed by atoms with Gasteiger partial charge in [-0.05, 0) is 56.7 Å². The number of carbonyl (C=O) groups is 1. The summed E-state index contributed by atoms with van der Waals surface area (Å²) in [7, 11) is 1.60. The van der Waals surface area contributed by atoms with Crippen LogP contribution in [0.2, 0.25) is 0 Å². The molecule has 0 bridgehead atoms. The minimum absolute atomic E-state index is 0.276. The van der Waals surface area contributed by atoms with E-state index in [1.807, 2.05) is 37.3 Å². The largest absolute Gasteiger partial charge is 0.497 e. The molecule has 2 aromatic carbocycles. The zero-order chi connectivity index (χ0) is 17.5. The summed E-state index contributed by atoms with van der Waals surface area (Å²) in [6.07, 6.45) is 0. The number of nitrogens with one attached hydrogen (secondary N) is 2. The molecule has 24 heavy (non-hydrogen) atoms. The summed E-state index contributed by atoms with van der Waals surface area (Å²) in [4.78, 5) is 14.5. The maximum absolute atomic E-state index is 12.2. The molecule has 0 atom stereocenters. The van der Waals surface area contributed by atoms with Gasteiger partial charge in [-0.3, -0.25) is 0 Å². The first-order valence-corrected chi connectivity index (χ1v) is 8.15. The van der Waals surface area contributed by atoms with Crippen molar-refractivity contribution in [1.29, 1.82) is 0 Å². The minimum atomic E-state index is -0.276. The summed E-state index contributed by atoms with van der Waals surface area (Å²) in [5.74, 6) is 0.701. The van der Waals surface area contributed by atoms with Crippen molar-refractivity contribution in [3.05, 3.63) is 48.0 Å². The highest BCUT2D eigenvalue weighted by Crippen LogP contribution is 2.23. The van der Waals surface area contributed by atoms with Gasteiger partial charge in [0.1, 0.15) is 5.75 Å². The van der Waals surface area contributed by atoms with Crippen LogP contribution >= 0.6 is 0 Å². The average molecular weight is 327 g/mol. The standard InChI is InChI=1S/C19H25N3O2/c1-5-22(6-2)16-10-11-18(14(3)12-16)21-19(23)20-15-8-7-9-17(13-15)24-4/h7-13H,5-6H2,1-4H3,(H2,20,21,23). The van der Waals surface area contributed by atoms with Crippen LogP contribution in [0.1, 0.15) is 19.4 Å². The Balaban J connectivity index is 2.06. The Morgan fingerprint density at radius 1 is 1.08 bits per heavy atom. The van der Waals surface area contributed by atoms with Gasteiger partial charge in [0.25, 0.3) is 0 Å². The molecule has 2 aromatic rings. The number of methoxy groups -OCH3 is 1. The van der Waals surface area contributed by atoms with Crippen molar-refractivity contribution in [2.45, 2.75) is 20.8 Å². The minimum Gasteiger partial charge on any atom is -0.497 e. The van der Waals surface area contributed by atoms with Crippen molar-refractivity contribution in [3.8, 4) is 5.75 Å². The van der Waals surface area contributed by atoms with Gasteiger partial charge < -0.3 is 20.3 Å². The Hall–Kier alpha value is -2.69. The second-order valence-electron chi connectivity index (χ2n) is 5.48. The number of ether oxygens (including phenoxy) is 1. The molecule has 0 fully saturated rings. The lowest BCUT2D eigenvalue weighted by Gasteiger charge is -2.22. The van der Waals surface area contributed by atoms with Gasteiger partial charge in [0.2, 0.25) is 0 Å². The van der Waals surface area contributed by atoms with Gasteiger partial charge in [-0.1, -0.05) is 6.07 Å². The van der Waals surface area contributed by atoms with Crippen molar-refractivity contribution in [1.82, 2.24) is 0 Å². The molecule has 0 aliphatic carbocycles. The molecule has 0 radical (unpaired) electrons. The lowest BCUT2D eigenvalue weighted by Crippen LogP contribution is -2.22. The van der Waals surface area contributed by atoms with Crippen LogP contribution in [0.3, 0.4) is 0 Å². The zero-order valence-corrected chi connectivity index (χ0v) is 14.7. The summed E-state index contributed by atoms with van der Waals surface area (Å²) < 4.78 is 5.15. The number of carbonyl (C=O) groups excluding carboxylic acids is 1. The molecule has 0 unspecified atom stereocenters. The van der Waals surface area contributed by atoms with E-state index >= 15 is 0 Å². The number of hydrogen-bond acceptors (Lipinski definition) is 3. The molecule has 5 heteroatoms. The molecule has 0 aromatic heterocycles. The van der Waals surface area contributed by atoms with E-state index in [9.17, 15) is 4.79 Å². The molecule has 0 spiro atoms. The Morgan fingerprint density at radius 2 is 1.83 bits per heavy atom. The summed E-state index contributed by atoms with van der Waals surface area (Å²) in [6.45, 7) is 8.17. The van der Waals surface area contributed by atoms with E-state index in [1.54, 1.807) is 13.2 Å². The molecule has 128 valence electrons. The molecular weight excluding hydrogens is 302 g/mol. The molecule has 0 aliphatic heterocycles. The summed E-state index contributed by atoms with van der Waals surface area (Å²) in [5, 5.41) is 5.70. The van der Waals surface area contributed by atoms with Gasteiger partial charge in [0, 0.05) is 36.2 Å². The first-order valence-electron chi connectivity index (χ1n) is 8.15. The van der Waals surface area contributed by atoms with Crippen LogP contribution in [0.5, 0.6) is 5.75 Å². The van der Waals surface area contributed by atoms with Crippen molar-refractivity contribution in [2.24, 2.45) is 0 Å². The maximum Gasteiger partial charge on any atom is 0.323 e. The first-order chi connectivity index (χ1) is 11.6. The second kappa shape index (κ2) is 8.24. The Bertz CT molecular complexity index is 697. The van der Waals surface area contributed by atoms with E-state index in [2.05, 4.69) is 35.4 Å². The molecule has 0 heterocycles. The monoisotopic (exact) mass is 327 g/mol. The number of hydrogen-bond donors (Lipinski definition) is 2. The summed E-state index contributed by atoms with van der Waals surface area (Å²) in [6, 6.07) is 13.0. The first kappa shape index (κ1) is 17.7. The molecule has 0 saturated heterocycles. The predicted octanol–water partition coefficient (Wildman–Crippen LogP) is 4.49. The van der Waals surface area contributed by atoms with Crippen LogP contribution in [-0.4, -0.2) is 26.2 Å². The number of rotatable bonds is 6. The quantitative estimate of drug-likeness (QED) is 0.821. The molecule has 5 nitrogen and oxygen atoms in total. The van der Waals surface area contributed by atoms with Crippen molar-refractivity contribution >= 4 is 23.1 Å². The van der Waals surface area contributed by atoms with Crippen LogP contribution in [-0.2, 0) is 0 Å². The number of aryl methyl sites for hydroxylation is 1. The lowest BCUT2D eigenvalue weighted by molar-refractivity contribution is 0.262. The van der Waals surface area contributed by atoms with E-state index in [0.29, 0.717) is 11.4 Å². The van der Waals surface area contributed by atoms with Crippen LogP contribution < -0.4 is 20.3 Å². The van der Waals surface area contributed by atoms with E-state index in [0.717, 1.165) is 30.0 Å². The molecule has 2 amide bonds. The summed E-state index contributed by atoms with van der Waals surface area (Å²) in [5.41, 5.74) is 3.67. The highest BCUT2D eigenvalue weighted by atomic mass is 16.5. The van der Waals surface area contributed by atoms with Gasteiger partial charge >= 0.3 is 6.03 Å². The fourth-order valence-corrected chi connectivity index (χ4v) is 2.56. The van der Waals surface area contributed by atoms with Crippen molar-refractivity contribution in [2.75, 3.05) is 35.7 Å². The van der Waals surface area contributed by atoms with Crippen LogP contribution in [0.15, 0.2) is 42.5 Å². The summed E-state index contributed by atoms with van der Waals surface area (Å²) >= 11 is 0. The van der Waals surface area contributed by atoms with Gasteiger partial charge in [0.15, 0.2) is 0 Å².